The number of rotatable bonds is 3. The number of halogens is 1. The SMILES string of the molecule is O=C(c1n[nH]c2c1CCC2)N1CC[C@@H](N2CCN(c3ccccc3F)CC2)[C@H](O)C1. The van der Waals surface area contributed by atoms with Crippen LogP contribution in [0.4, 0.5) is 10.1 Å². The molecule has 2 saturated heterocycles. The molecule has 2 N–H and O–H groups in total. The zero-order valence-corrected chi connectivity index (χ0v) is 17.1. The number of hydrogen-bond acceptors (Lipinski definition) is 5. The Labute approximate surface area is 175 Å². The fourth-order valence-electron chi connectivity index (χ4n) is 5.18. The molecule has 0 saturated carbocycles. The van der Waals surface area contributed by atoms with Crippen molar-refractivity contribution in [2.75, 3.05) is 44.2 Å². The van der Waals surface area contributed by atoms with Crippen molar-refractivity contribution in [3.05, 3.63) is 47.0 Å². The van der Waals surface area contributed by atoms with Crippen LogP contribution in [0, 0.1) is 5.82 Å². The van der Waals surface area contributed by atoms with Gasteiger partial charge in [0, 0.05) is 56.6 Å². The second-order valence-corrected chi connectivity index (χ2v) is 8.53. The minimum atomic E-state index is -0.588. The predicted molar refractivity (Wildman–Crippen MR) is 111 cm³/mol. The van der Waals surface area contributed by atoms with E-state index in [1.165, 1.54) is 6.07 Å². The summed E-state index contributed by atoms with van der Waals surface area (Å²) in [7, 11) is 0. The fraction of sp³-hybridized carbons (Fsp3) is 0.545. The van der Waals surface area contributed by atoms with Crippen LogP contribution < -0.4 is 4.90 Å². The Morgan fingerprint density at radius 3 is 2.70 bits per heavy atom. The highest BCUT2D eigenvalue weighted by atomic mass is 19.1. The van der Waals surface area contributed by atoms with Crippen LogP contribution >= 0.6 is 0 Å². The summed E-state index contributed by atoms with van der Waals surface area (Å²) < 4.78 is 14.1. The summed E-state index contributed by atoms with van der Waals surface area (Å²) >= 11 is 0. The molecule has 1 aliphatic carbocycles. The number of nitrogens with one attached hydrogen (secondary N) is 1. The van der Waals surface area contributed by atoms with Gasteiger partial charge in [-0.2, -0.15) is 5.10 Å². The lowest BCUT2D eigenvalue weighted by Crippen LogP contribution is -2.59. The first-order valence-corrected chi connectivity index (χ1v) is 10.9. The van der Waals surface area contributed by atoms with E-state index in [9.17, 15) is 14.3 Å². The van der Waals surface area contributed by atoms with Crippen LogP contribution in [0.25, 0.3) is 0 Å². The minimum absolute atomic E-state index is 0.0294. The molecule has 2 aliphatic heterocycles. The highest BCUT2D eigenvalue weighted by Crippen LogP contribution is 2.27. The molecular formula is C22H28FN5O2. The van der Waals surface area contributed by atoms with E-state index in [2.05, 4.69) is 20.0 Å². The number of aliphatic hydroxyl groups is 1. The Hall–Kier alpha value is -2.45. The van der Waals surface area contributed by atoms with Crippen molar-refractivity contribution in [1.82, 2.24) is 20.0 Å². The summed E-state index contributed by atoms with van der Waals surface area (Å²) in [5.41, 5.74) is 3.32. The van der Waals surface area contributed by atoms with Gasteiger partial charge in [0.15, 0.2) is 5.69 Å². The van der Waals surface area contributed by atoms with Crippen molar-refractivity contribution in [3.8, 4) is 0 Å². The molecule has 1 aromatic carbocycles. The Balaban J connectivity index is 1.19. The highest BCUT2D eigenvalue weighted by Gasteiger charge is 2.37. The summed E-state index contributed by atoms with van der Waals surface area (Å²) in [5, 5.41) is 18.1. The van der Waals surface area contributed by atoms with Crippen molar-refractivity contribution in [1.29, 1.82) is 0 Å². The van der Waals surface area contributed by atoms with Crippen LogP contribution in [-0.2, 0) is 12.8 Å². The topological polar surface area (TPSA) is 75.7 Å². The number of piperazine rings is 1. The molecule has 160 valence electrons. The number of carbonyl (C=O) groups excluding carboxylic acids is 1. The third-order valence-electron chi connectivity index (χ3n) is 6.82. The number of aromatic amines is 1. The zero-order chi connectivity index (χ0) is 20.7. The van der Waals surface area contributed by atoms with Gasteiger partial charge in [0.25, 0.3) is 5.91 Å². The van der Waals surface area contributed by atoms with E-state index in [-0.39, 0.29) is 17.8 Å². The van der Waals surface area contributed by atoms with Crippen LogP contribution in [0.2, 0.25) is 0 Å². The van der Waals surface area contributed by atoms with Crippen LogP contribution in [0.15, 0.2) is 24.3 Å². The molecule has 30 heavy (non-hydrogen) atoms. The van der Waals surface area contributed by atoms with Crippen LogP contribution in [0.1, 0.15) is 34.6 Å². The minimum Gasteiger partial charge on any atom is -0.390 e. The quantitative estimate of drug-likeness (QED) is 0.796. The maximum Gasteiger partial charge on any atom is 0.274 e. The first kappa shape index (κ1) is 19.5. The number of H-pyrrole nitrogens is 1. The number of likely N-dealkylation sites (tertiary alicyclic amines) is 1. The van der Waals surface area contributed by atoms with Gasteiger partial charge in [-0.1, -0.05) is 12.1 Å². The molecule has 1 aromatic heterocycles. The first-order valence-electron chi connectivity index (χ1n) is 10.9. The van der Waals surface area contributed by atoms with Gasteiger partial charge < -0.3 is 14.9 Å². The van der Waals surface area contributed by atoms with E-state index in [0.717, 1.165) is 63.1 Å². The molecule has 0 bridgehead atoms. The standard InChI is InChI=1S/C22H28FN5O2/c23-16-5-1-2-7-18(16)26-10-12-27(13-11-26)19-8-9-28(14-20(19)29)22(30)21-15-4-3-6-17(15)24-25-21/h1-2,5,7,19-20,29H,3-4,6,8-14H2,(H,24,25)/t19-,20-/m1/s1. The van der Waals surface area contributed by atoms with Gasteiger partial charge in [-0.05, 0) is 37.8 Å². The number of carbonyl (C=O) groups is 1. The normalized spacial score (nSPS) is 24.9. The largest absolute Gasteiger partial charge is 0.390 e. The lowest BCUT2D eigenvalue weighted by molar-refractivity contribution is -0.0109. The number of fused-ring (bicyclic) bond motifs is 1. The first-order chi connectivity index (χ1) is 14.6. The molecule has 2 aromatic rings. The van der Waals surface area contributed by atoms with Crippen molar-refractivity contribution in [3.63, 3.8) is 0 Å². The Kier molecular flexibility index (Phi) is 5.20. The lowest BCUT2D eigenvalue weighted by atomic mass is 9.98. The average molecular weight is 413 g/mol. The zero-order valence-electron chi connectivity index (χ0n) is 17.1. The van der Waals surface area contributed by atoms with Gasteiger partial charge in [0.05, 0.1) is 11.8 Å². The van der Waals surface area contributed by atoms with Gasteiger partial charge in [-0.25, -0.2) is 4.39 Å². The molecule has 0 radical (unpaired) electrons. The van der Waals surface area contributed by atoms with E-state index in [4.69, 9.17) is 0 Å². The number of para-hydroxylation sites is 1. The smallest absolute Gasteiger partial charge is 0.274 e. The van der Waals surface area contributed by atoms with Crippen molar-refractivity contribution >= 4 is 11.6 Å². The molecule has 5 rings (SSSR count). The van der Waals surface area contributed by atoms with Gasteiger partial charge in [0.2, 0.25) is 0 Å². The van der Waals surface area contributed by atoms with Crippen LogP contribution in [-0.4, -0.2) is 82.4 Å². The van der Waals surface area contributed by atoms with E-state index in [1.807, 2.05) is 12.1 Å². The molecule has 2 fully saturated rings. The second kappa shape index (κ2) is 8.00. The number of piperidine rings is 1. The number of aryl methyl sites for hydroxylation is 1. The summed E-state index contributed by atoms with van der Waals surface area (Å²) in [6.45, 7) is 3.96. The monoisotopic (exact) mass is 413 g/mol. The van der Waals surface area contributed by atoms with Crippen molar-refractivity contribution in [2.24, 2.45) is 0 Å². The predicted octanol–water partition coefficient (Wildman–Crippen LogP) is 1.44. The van der Waals surface area contributed by atoms with Gasteiger partial charge in [-0.3, -0.25) is 14.8 Å². The number of amides is 1. The molecule has 2 atom stereocenters. The molecule has 1 amide bonds. The lowest BCUT2D eigenvalue weighted by Gasteiger charge is -2.45. The van der Waals surface area contributed by atoms with E-state index in [1.54, 1.807) is 11.0 Å². The van der Waals surface area contributed by atoms with E-state index >= 15 is 0 Å². The van der Waals surface area contributed by atoms with Crippen LogP contribution in [0.3, 0.4) is 0 Å². The summed E-state index contributed by atoms with van der Waals surface area (Å²) in [6, 6.07) is 6.90. The van der Waals surface area contributed by atoms with Crippen LogP contribution in [0.5, 0.6) is 0 Å². The molecule has 0 unspecified atom stereocenters. The summed E-state index contributed by atoms with van der Waals surface area (Å²) in [6.07, 6.45) is 3.07. The van der Waals surface area contributed by atoms with E-state index < -0.39 is 6.10 Å². The highest BCUT2D eigenvalue weighted by molar-refractivity contribution is 5.94. The van der Waals surface area contributed by atoms with Crippen molar-refractivity contribution in [2.45, 2.75) is 37.8 Å². The van der Waals surface area contributed by atoms with Gasteiger partial charge in [-0.15, -0.1) is 0 Å². The third-order valence-corrected chi connectivity index (χ3v) is 6.82. The second-order valence-electron chi connectivity index (χ2n) is 8.53. The Morgan fingerprint density at radius 1 is 1.13 bits per heavy atom. The number of hydrogen-bond donors (Lipinski definition) is 2. The molecule has 0 spiro atoms. The molecule has 3 aliphatic rings. The number of benzene rings is 1. The summed E-state index contributed by atoms with van der Waals surface area (Å²) in [4.78, 5) is 19.1. The molecule has 7 nitrogen and oxygen atoms in total. The number of anilines is 1. The Bertz CT molecular complexity index is 924. The van der Waals surface area contributed by atoms with Gasteiger partial charge in [0.1, 0.15) is 5.82 Å². The van der Waals surface area contributed by atoms with Crippen molar-refractivity contribution < 1.29 is 14.3 Å². The number of aliphatic hydroxyl groups excluding tert-OH is 1. The maximum atomic E-state index is 14.1. The number of β-amino-alcohol motifs (C(OH)–C–C–N with tert-alkyl or cyclic N) is 1. The molecule has 3 heterocycles. The molecule has 8 heteroatoms. The maximum absolute atomic E-state index is 14.1. The fourth-order valence-corrected chi connectivity index (χ4v) is 5.18. The third kappa shape index (κ3) is 3.48. The van der Waals surface area contributed by atoms with E-state index in [0.29, 0.717) is 24.5 Å². The number of aromatic nitrogens is 2. The Morgan fingerprint density at radius 2 is 1.93 bits per heavy atom. The van der Waals surface area contributed by atoms with Gasteiger partial charge >= 0.3 is 0 Å². The summed E-state index contributed by atoms with van der Waals surface area (Å²) in [5.74, 6) is -0.265. The number of nitrogens with zero attached hydrogens (tertiary/aromatic N) is 4. The molecular weight excluding hydrogens is 385 g/mol. The average Bonchev–Trinajstić information content (AvgIpc) is 3.38.